The number of hydrogen-bond donors (Lipinski definition) is 0. The lowest BCUT2D eigenvalue weighted by molar-refractivity contribution is -0.0480. The number of carbonyl (C=O) groups is 1. The summed E-state index contributed by atoms with van der Waals surface area (Å²) in [6.45, 7) is 2.18. The number of rotatable bonds is 12. The molecule has 0 spiro atoms. The largest absolute Gasteiger partial charge is 0.494 e. The van der Waals surface area contributed by atoms with Gasteiger partial charge >= 0.3 is 0 Å². The van der Waals surface area contributed by atoms with E-state index >= 15 is 0 Å². The summed E-state index contributed by atoms with van der Waals surface area (Å²) in [5.74, 6) is 0.790. The molecule has 3 rings (SSSR count). The summed E-state index contributed by atoms with van der Waals surface area (Å²) in [7, 11) is 0. The predicted octanol–water partition coefficient (Wildman–Crippen LogP) is 5.40. The number of hydrogen-bond acceptors (Lipinski definition) is 4. The lowest BCUT2D eigenvalue weighted by atomic mass is 10.0. The minimum absolute atomic E-state index is 0.0273. The normalized spacial score (nSPS) is 14.3. The maximum atomic E-state index is 12.5. The number of carbonyl (C=O) groups excluding carboxylic acids is 1. The Morgan fingerprint density at radius 3 is 2.29 bits per heavy atom. The standard InChI is InChI=1S/C24H30O4/c25-24(20-11-6-5-7-12-20)21-13-10-14-22(19-21)26-16-9-4-2-1-3-8-15-23-27-17-18-28-23/h5-7,10-14,19,23H,1-4,8-9,15-18H2. The lowest BCUT2D eigenvalue weighted by Gasteiger charge is -2.09. The van der Waals surface area contributed by atoms with Gasteiger partial charge in [0.1, 0.15) is 5.75 Å². The van der Waals surface area contributed by atoms with Crippen molar-refractivity contribution in [2.24, 2.45) is 0 Å². The Bertz CT molecular complexity index is 708. The molecule has 0 saturated carbocycles. The van der Waals surface area contributed by atoms with Gasteiger partial charge in [-0.1, -0.05) is 68.1 Å². The topological polar surface area (TPSA) is 44.8 Å². The second-order valence-corrected chi connectivity index (χ2v) is 7.15. The van der Waals surface area contributed by atoms with Crippen molar-refractivity contribution < 1.29 is 19.0 Å². The van der Waals surface area contributed by atoms with Gasteiger partial charge in [-0.25, -0.2) is 0 Å². The number of benzene rings is 2. The Hall–Kier alpha value is -2.17. The zero-order valence-electron chi connectivity index (χ0n) is 16.5. The van der Waals surface area contributed by atoms with Gasteiger partial charge in [-0.3, -0.25) is 4.79 Å². The molecule has 2 aromatic carbocycles. The van der Waals surface area contributed by atoms with Crippen molar-refractivity contribution in [3.8, 4) is 5.75 Å². The molecular formula is C24H30O4. The van der Waals surface area contributed by atoms with E-state index in [1.165, 1.54) is 32.1 Å². The number of ketones is 1. The number of ether oxygens (including phenoxy) is 3. The minimum Gasteiger partial charge on any atom is -0.494 e. The van der Waals surface area contributed by atoms with E-state index in [-0.39, 0.29) is 12.1 Å². The van der Waals surface area contributed by atoms with Gasteiger partial charge in [-0.2, -0.15) is 0 Å². The maximum absolute atomic E-state index is 12.5. The van der Waals surface area contributed by atoms with Gasteiger partial charge in [0.25, 0.3) is 0 Å². The van der Waals surface area contributed by atoms with Crippen molar-refractivity contribution in [2.75, 3.05) is 19.8 Å². The van der Waals surface area contributed by atoms with Crippen molar-refractivity contribution in [1.82, 2.24) is 0 Å². The van der Waals surface area contributed by atoms with Crippen LogP contribution in [0.5, 0.6) is 5.75 Å². The van der Waals surface area contributed by atoms with E-state index < -0.39 is 0 Å². The van der Waals surface area contributed by atoms with Crippen molar-refractivity contribution in [2.45, 2.75) is 51.2 Å². The van der Waals surface area contributed by atoms with Gasteiger partial charge < -0.3 is 14.2 Å². The summed E-state index contributed by atoms with van der Waals surface area (Å²) in [6, 6.07) is 16.8. The first-order chi connectivity index (χ1) is 13.8. The highest BCUT2D eigenvalue weighted by Gasteiger charge is 2.14. The molecule has 0 amide bonds. The van der Waals surface area contributed by atoms with E-state index in [4.69, 9.17) is 14.2 Å². The summed E-state index contributed by atoms with van der Waals surface area (Å²) in [4.78, 5) is 12.5. The molecule has 150 valence electrons. The molecule has 4 nitrogen and oxygen atoms in total. The van der Waals surface area contributed by atoms with Gasteiger partial charge in [0.15, 0.2) is 12.1 Å². The fourth-order valence-corrected chi connectivity index (χ4v) is 3.37. The first kappa shape index (κ1) is 20.6. The Kier molecular flexibility index (Phi) is 8.54. The van der Waals surface area contributed by atoms with Crippen LogP contribution < -0.4 is 4.74 Å². The van der Waals surface area contributed by atoms with E-state index in [0.29, 0.717) is 17.7 Å². The average Bonchev–Trinajstić information content (AvgIpc) is 3.26. The van der Waals surface area contributed by atoms with Crippen LogP contribution in [-0.2, 0) is 9.47 Å². The first-order valence-corrected chi connectivity index (χ1v) is 10.4. The fourth-order valence-electron chi connectivity index (χ4n) is 3.37. The third-order valence-corrected chi connectivity index (χ3v) is 4.93. The van der Waals surface area contributed by atoms with E-state index in [9.17, 15) is 4.79 Å². The smallest absolute Gasteiger partial charge is 0.193 e. The van der Waals surface area contributed by atoms with Crippen LogP contribution in [0.2, 0.25) is 0 Å². The molecule has 0 N–H and O–H groups in total. The molecule has 0 aliphatic carbocycles. The molecule has 0 atom stereocenters. The zero-order chi connectivity index (χ0) is 19.4. The summed E-state index contributed by atoms with van der Waals surface area (Å²) < 4.78 is 16.7. The van der Waals surface area contributed by atoms with Crippen LogP contribution in [0, 0.1) is 0 Å². The molecule has 28 heavy (non-hydrogen) atoms. The average molecular weight is 383 g/mol. The van der Waals surface area contributed by atoms with Crippen molar-refractivity contribution in [3.05, 3.63) is 65.7 Å². The zero-order valence-corrected chi connectivity index (χ0v) is 16.5. The van der Waals surface area contributed by atoms with Crippen LogP contribution >= 0.6 is 0 Å². The first-order valence-electron chi connectivity index (χ1n) is 10.4. The fraction of sp³-hybridized carbons (Fsp3) is 0.458. The van der Waals surface area contributed by atoms with Gasteiger partial charge in [-0.15, -0.1) is 0 Å². The molecule has 1 aliphatic heterocycles. The van der Waals surface area contributed by atoms with Gasteiger partial charge in [0.2, 0.25) is 0 Å². The Balaban J connectivity index is 1.28. The third kappa shape index (κ3) is 6.77. The van der Waals surface area contributed by atoms with Crippen LogP contribution in [0.1, 0.15) is 60.9 Å². The maximum Gasteiger partial charge on any atom is 0.193 e. The molecule has 1 aliphatic rings. The van der Waals surface area contributed by atoms with E-state index in [0.717, 1.165) is 31.8 Å². The molecule has 1 heterocycles. The Labute approximate surface area is 167 Å². The summed E-state index contributed by atoms with van der Waals surface area (Å²) in [5.41, 5.74) is 1.37. The lowest BCUT2D eigenvalue weighted by Crippen LogP contribution is -2.06. The second kappa shape index (κ2) is 11.6. The van der Waals surface area contributed by atoms with Crippen LogP contribution in [0.15, 0.2) is 54.6 Å². The Morgan fingerprint density at radius 2 is 1.50 bits per heavy atom. The van der Waals surface area contributed by atoms with Crippen molar-refractivity contribution >= 4 is 5.78 Å². The molecular weight excluding hydrogens is 352 g/mol. The van der Waals surface area contributed by atoms with Crippen LogP contribution in [-0.4, -0.2) is 31.9 Å². The SMILES string of the molecule is O=C(c1ccccc1)c1cccc(OCCCCCCCCC2OCCO2)c1. The molecule has 0 radical (unpaired) electrons. The van der Waals surface area contributed by atoms with Gasteiger partial charge in [0, 0.05) is 11.1 Å². The van der Waals surface area contributed by atoms with Crippen molar-refractivity contribution in [1.29, 1.82) is 0 Å². The third-order valence-electron chi connectivity index (χ3n) is 4.93. The molecule has 1 saturated heterocycles. The monoisotopic (exact) mass is 382 g/mol. The van der Waals surface area contributed by atoms with Crippen molar-refractivity contribution in [3.63, 3.8) is 0 Å². The second-order valence-electron chi connectivity index (χ2n) is 7.15. The number of unbranched alkanes of at least 4 members (excludes halogenated alkanes) is 5. The van der Waals surface area contributed by atoms with Gasteiger partial charge in [0.05, 0.1) is 19.8 Å². The van der Waals surface area contributed by atoms with E-state index in [1.54, 1.807) is 0 Å². The van der Waals surface area contributed by atoms with E-state index in [1.807, 2.05) is 54.6 Å². The summed E-state index contributed by atoms with van der Waals surface area (Å²) in [5, 5.41) is 0. The molecule has 2 aromatic rings. The molecule has 4 heteroatoms. The highest BCUT2D eigenvalue weighted by Crippen LogP contribution is 2.18. The quantitative estimate of drug-likeness (QED) is 0.364. The molecule has 1 fully saturated rings. The van der Waals surface area contributed by atoms with Crippen LogP contribution in [0.25, 0.3) is 0 Å². The highest BCUT2D eigenvalue weighted by atomic mass is 16.7. The van der Waals surface area contributed by atoms with Crippen LogP contribution in [0.3, 0.4) is 0 Å². The summed E-state index contributed by atoms with van der Waals surface area (Å²) >= 11 is 0. The van der Waals surface area contributed by atoms with Gasteiger partial charge in [-0.05, 0) is 31.4 Å². The molecule has 0 bridgehead atoms. The minimum atomic E-state index is 0.0273. The highest BCUT2D eigenvalue weighted by molar-refractivity contribution is 6.09. The van der Waals surface area contributed by atoms with E-state index in [2.05, 4.69) is 0 Å². The molecule has 0 unspecified atom stereocenters. The predicted molar refractivity (Wildman–Crippen MR) is 110 cm³/mol. The Morgan fingerprint density at radius 1 is 0.821 bits per heavy atom. The summed E-state index contributed by atoms with van der Waals surface area (Å²) in [6.07, 6.45) is 8.12. The molecule has 0 aromatic heterocycles. The van der Waals surface area contributed by atoms with Crippen LogP contribution in [0.4, 0.5) is 0 Å².